The zero-order valence-electron chi connectivity index (χ0n) is 9.59. The van der Waals surface area contributed by atoms with Crippen LogP contribution in [-0.2, 0) is 4.79 Å². The summed E-state index contributed by atoms with van der Waals surface area (Å²) in [4.78, 5) is 13.9. The van der Waals surface area contributed by atoms with Crippen LogP contribution in [0.5, 0.6) is 0 Å². The zero-order valence-corrected chi connectivity index (χ0v) is 9.59. The summed E-state index contributed by atoms with van der Waals surface area (Å²) < 4.78 is 0. The fraction of sp³-hybridized carbons (Fsp3) is 0.917. The van der Waals surface area contributed by atoms with Gasteiger partial charge in [-0.05, 0) is 25.7 Å². The number of hydrogen-bond acceptors (Lipinski definition) is 1. The highest BCUT2D eigenvalue weighted by molar-refractivity contribution is 5.81. The van der Waals surface area contributed by atoms with Crippen LogP contribution in [-0.4, -0.2) is 23.9 Å². The van der Waals surface area contributed by atoms with Gasteiger partial charge in [0.05, 0.1) is 0 Å². The first-order chi connectivity index (χ1) is 6.79. The van der Waals surface area contributed by atoms with Crippen LogP contribution in [0.25, 0.3) is 0 Å². The van der Waals surface area contributed by atoms with Crippen LogP contribution < -0.4 is 0 Å². The Morgan fingerprint density at radius 2 is 1.86 bits per heavy atom. The minimum Gasteiger partial charge on any atom is -0.342 e. The zero-order chi connectivity index (χ0) is 10.4. The minimum absolute atomic E-state index is 0.392. The quantitative estimate of drug-likeness (QED) is 0.575. The predicted octanol–water partition coefficient (Wildman–Crippen LogP) is 2.83. The number of unbranched alkanes of at least 4 members (excludes halogenated alkanes) is 2. The molecule has 0 aromatic carbocycles. The summed E-state index contributed by atoms with van der Waals surface area (Å²) in [5.74, 6) is 0.811. The molecule has 1 aliphatic rings. The van der Waals surface area contributed by atoms with Crippen LogP contribution in [0, 0.1) is 5.92 Å². The summed E-state index contributed by atoms with van der Waals surface area (Å²) in [6.07, 6.45) is 7.01. The lowest BCUT2D eigenvalue weighted by Gasteiger charge is -2.21. The van der Waals surface area contributed by atoms with Crippen molar-refractivity contribution >= 4 is 5.91 Å². The molecule has 0 spiro atoms. The van der Waals surface area contributed by atoms with Gasteiger partial charge < -0.3 is 4.90 Å². The Bertz CT molecular complexity index is 175. The Balaban J connectivity index is 2.25. The lowest BCUT2D eigenvalue weighted by Crippen LogP contribution is -2.33. The molecule has 82 valence electrons. The van der Waals surface area contributed by atoms with Gasteiger partial charge in [0.1, 0.15) is 0 Å². The number of hydrogen-bond donors (Lipinski definition) is 0. The highest BCUT2D eigenvalue weighted by Gasteiger charge is 2.32. The molecular weight excluding hydrogens is 174 g/mol. The van der Waals surface area contributed by atoms with Gasteiger partial charge in [0, 0.05) is 19.0 Å². The van der Waals surface area contributed by atoms with Gasteiger partial charge in [0.25, 0.3) is 0 Å². The molecule has 0 unspecified atom stereocenters. The number of carbonyl (C=O) groups excluding carboxylic acids is 1. The van der Waals surface area contributed by atoms with E-state index in [9.17, 15) is 4.79 Å². The normalized spacial score (nSPS) is 15.6. The molecule has 0 atom stereocenters. The molecule has 2 nitrogen and oxygen atoms in total. The van der Waals surface area contributed by atoms with E-state index in [2.05, 4.69) is 18.7 Å². The third-order valence-corrected chi connectivity index (χ3v) is 2.76. The Kier molecular flexibility index (Phi) is 4.99. The van der Waals surface area contributed by atoms with Crippen LogP contribution in [0.1, 0.15) is 52.4 Å². The summed E-state index contributed by atoms with van der Waals surface area (Å²) in [5.41, 5.74) is 0. The van der Waals surface area contributed by atoms with Crippen molar-refractivity contribution in [2.75, 3.05) is 13.1 Å². The highest BCUT2D eigenvalue weighted by Crippen LogP contribution is 2.31. The topological polar surface area (TPSA) is 20.3 Å². The monoisotopic (exact) mass is 197 g/mol. The van der Waals surface area contributed by atoms with Crippen LogP contribution in [0.4, 0.5) is 0 Å². The van der Waals surface area contributed by atoms with Crippen molar-refractivity contribution in [3.63, 3.8) is 0 Å². The molecule has 0 aliphatic heterocycles. The van der Waals surface area contributed by atoms with E-state index in [1.165, 1.54) is 19.3 Å². The summed E-state index contributed by atoms with van der Waals surface area (Å²) >= 11 is 0. The smallest absolute Gasteiger partial charge is 0.225 e. The molecule has 2 heteroatoms. The van der Waals surface area contributed by atoms with E-state index in [0.717, 1.165) is 32.4 Å². The van der Waals surface area contributed by atoms with E-state index in [1.54, 1.807) is 0 Å². The van der Waals surface area contributed by atoms with E-state index in [4.69, 9.17) is 0 Å². The SMILES string of the molecule is CCCCCN(CCC)C(=O)C1CC1. The van der Waals surface area contributed by atoms with Crippen LogP contribution >= 0.6 is 0 Å². The standard InChI is InChI=1S/C12H23NO/c1-3-5-6-10-13(9-4-2)12(14)11-7-8-11/h11H,3-10H2,1-2H3. The average molecular weight is 197 g/mol. The number of nitrogens with zero attached hydrogens (tertiary/aromatic N) is 1. The van der Waals surface area contributed by atoms with Crippen LogP contribution in [0.3, 0.4) is 0 Å². The van der Waals surface area contributed by atoms with E-state index in [-0.39, 0.29) is 0 Å². The molecule has 14 heavy (non-hydrogen) atoms. The molecule has 0 saturated heterocycles. The summed E-state index contributed by atoms with van der Waals surface area (Å²) in [5, 5.41) is 0. The molecule has 0 aromatic heterocycles. The first-order valence-corrected chi connectivity index (χ1v) is 6.08. The molecular formula is C12H23NO. The van der Waals surface area contributed by atoms with Gasteiger partial charge in [-0.2, -0.15) is 0 Å². The second-order valence-electron chi connectivity index (χ2n) is 4.31. The van der Waals surface area contributed by atoms with E-state index in [0.29, 0.717) is 11.8 Å². The van der Waals surface area contributed by atoms with Crippen molar-refractivity contribution in [2.45, 2.75) is 52.4 Å². The Labute approximate surface area is 87.7 Å². The third-order valence-electron chi connectivity index (χ3n) is 2.76. The van der Waals surface area contributed by atoms with Crippen LogP contribution in [0.15, 0.2) is 0 Å². The third kappa shape index (κ3) is 3.69. The van der Waals surface area contributed by atoms with Crippen molar-refractivity contribution < 1.29 is 4.79 Å². The molecule has 1 amide bonds. The van der Waals surface area contributed by atoms with Gasteiger partial charge in [-0.15, -0.1) is 0 Å². The Hall–Kier alpha value is -0.530. The molecule has 0 heterocycles. The Morgan fingerprint density at radius 1 is 1.14 bits per heavy atom. The van der Waals surface area contributed by atoms with Gasteiger partial charge >= 0.3 is 0 Å². The molecule has 0 radical (unpaired) electrons. The average Bonchev–Trinajstić information content (AvgIpc) is 2.99. The second kappa shape index (κ2) is 6.05. The van der Waals surface area contributed by atoms with Crippen molar-refractivity contribution in [1.29, 1.82) is 0 Å². The number of carbonyl (C=O) groups is 1. The van der Waals surface area contributed by atoms with Gasteiger partial charge in [-0.1, -0.05) is 26.7 Å². The maximum Gasteiger partial charge on any atom is 0.225 e. The van der Waals surface area contributed by atoms with Gasteiger partial charge in [-0.3, -0.25) is 4.79 Å². The fourth-order valence-corrected chi connectivity index (χ4v) is 1.74. The molecule has 1 fully saturated rings. The number of amides is 1. The van der Waals surface area contributed by atoms with Crippen molar-refractivity contribution in [3.05, 3.63) is 0 Å². The van der Waals surface area contributed by atoms with Crippen molar-refractivity contribution in [3.8, 4) is 0 Å². The lowest BCUT2D eigenvalue weighted by molar-refractivity contribution is -0.132. The highest BCUT2D eigenvalue weighted by atomic mass is 16.2. The van der Waals surface area contributed by atoms with Crippen molar-refractivity contribution in [1.82, 2.24) is 4.90 Å². The van der Waals surface area contributed by atoms with Gasteiger partial charge in [-0.25, -0.2) is 0 Å². The fourth-order valence-electron chi connectivity index (χ4n) is 1.74. The largest absolute Gasteiger partial charge is 0.342 e. The molecule has 1 rings (SSSR count). The van der Waals surface area contributed by atoms with E-state index >= 15 is 0 Å². The first kappa shape index (κ1) is 11.5. The summed E-state index contributed by atoms with van der Waals surface area (Å²) in [6.45, 7) is 6.29. The number of rotatable bonds is 7. The maximum atomic E-state index is 11.8. The Morgan fingerprint density at radius 3 is 2.36 bits per heavy atom. The molecule has 0 bridgehead atoms. The van der Waals surface area contributed by atoms with E-state index < -0.39 is 0 Å². The lowest BCUT2D eigenvalue weighted by atomic mass is 10.2. The van der Waals surface area contributed by atoms with Crippen LogP contribution in [0.2, 0.25) is 0 Å². The second-order valence-corrected chi connectivity index (χ2v) is 4.31. The van der Waals surface area contributed by atoms with Crippen molar-refractivity contribution in [2.24, 2.45) is 5.92 Å². The maximum absolute atomic E-state index is 11.8. The molecule has 1 saturated carbocycles. The summed E-state index contributed by atoms with van der Waals surface area (Å²) in [7, 11) is 0. The molecule has 0 aromatic rings. The molecule has 0 N–H and O–H groups in total. The van der Waals surface area contributed by atoms with Gasteiger partial charge in [0.15, 0.2) is 0 Å². The van der Waals surface area contributed by atoms with Gasteiger partial charge in [0.2, 0.25) is 5.91 Å². The molecule has 1 aliphatic carbocycles. The van der Waals surface area contributed by atoms with E-state index in [1.807, 2.05) is 0 Å². The summed E-state index contributed by atoms with van der Waals surface area (Å²) in [6, 6.07) is 0. The predicted molar refractivity (Wildman–Crippen MR) is 59.1 cm³/mol. The first-order valence-electron chi connectivity index (χ1n) is 6.08. The minimum atomic E-state index is 0.392.